The van der Waals surface area contributed by atoms with E-state index in [2.05, 4.69) is 20.5 Å². The highest BCUT2D eigenvalue weighted by molar-refractivity contribution is 5.83. The van der Waals surface area contributed by atoms with Crippen molar-refractivity contribution in [1.82, 2.24) is 15.2 Å². The van der Waals surface area contributed by atoms with E-state index in [4.69, 9.17) is 9.47 Å². The highest BCUT2D eigenvalue weighted by Crippen LogP contribution is 2.16. The quantitative estimate of drug-likeness (QED) is 0.787. The molecule has 2 rings (SSSR count). The average Bonchev–Trinajstić information content (AvgIpc) is 2.53. The summed E-state index contributed by atoms with van der Waals surface area (Å²) in [5.41, 5.74) is -0.175. The van der Waals surface area contributed by atoms with E-state index in [1.807, 2.05) is 53.7 Å². The van der Waals surface area contributed by atoms with Crippen molar-refractivity contribution in [1.29, 1.82) is 0 Å². The van der Waals surface area contributed by atoms with Crippen LogP contribution in [0.3, 0.4) is 0 Å². The highest BCUT2D eigenvalue weighted by Gasteiger charge is 2.24. The molecule has 8 heteroatoms. The number of amides is 2. The van der Waals surface area contributed by atoms with E-state index < -0.39 is 17.3 Å². The van der Waals surface area contributed by atoms with Crippen LogP contribution in [0.25, 0.3) is 0 Å². The van der Waals surface area contributed by atoms with Crippen molar-refractivity contribution in [2.45, 2.75) is 78.2 Å². The number of hydrogen-bond donors (Lipinski definition) is 2. The first-order valence-corrected chi connectivity index (χ1v) is 10.1. The molecule has 0 aromatic carbocycles. The lowest BCUT2D eigenvalue weighted by molar-refractivity contribution is 0.0476. The van der Waals surface area contributed by atoms with E-state index in [1.54, 1.807) is 6.07 Å². The largest absolute Gasteiger partial charge is 0.444 e. The molecule has 2 amide bonds. The number of likely N-dealkylation sites (tertiary alicyclic amines) is 1. The lowest BCUT2D eigenvalue weighted by Gasteiger charge is -2.32. The molecule has 0 saturated carbocycles. The molecule has 29 heavy (non-hydrogen) atoms. The van der Waals surface area contributed by atoms with Crippen molar-refractivity contribution in [3.8, 4) is 0 Å². The monoisotopic (exact) mass is 406 g/mol. The number of alkyl carbamates (subject to hydrolysis) is 1. The normalized spacial score (nSPS) is 16.2. The summed E-state index contributed by atoms with van der Waals surface area (Å²) in [5, 5.41) is 5.62. The molecule has 0 aliphatic carbocycles. The fraction of sp³-hybridized carbons (Fsp3) is 0.667. The lowest BCUT2D eigenvalue weighted by atomic mass is 10.1. The van der Waals surface area contributed by atoms with Crippen LogP contribution in [0.5, 0.6) is 0 Å². The van der Waals surface area contributed by atoms with E-state index in [9.17, 15) is 9.59 Å². The summed E-state index contributed by atoms with van der Waals surface area (Å²) in [6.45, 7) is 13.4. The summed E-state index contributed by atoms with van der Waals surface area (Å²) in [6.07, 6.45) is 0.833. The third-order valence-electron chi connectivity index (χ3n) is 4.13. The van der Waals surface area contributed by atoms with Gasteiger partial charge in [0.1, 0.15) is 17.0 Å². The SMILES string of the molecule is CC(C)(C)OC(=O)Nc1cccc(CN2CCC(NC(=O)OC(C)(C)C)CC2)n1. The Bertz CT molecular complexity index is 701. The summed E-state index contributed by atoms with van der Waals surface area (Å²) >= 11 is 0. The van der Waals surface area contributed by atoms with Crippen molar-refractivity contribution in [3.05, 3.63) is 23.9 Å². The van der Waals surface area contributed by atoms with Gasteiger partial charge in [0, 0.05) is 25.7 Å². The second-order valence-corrected chi connectivity index (χ2v) is 9.34. The third-order valence-corrected chi connectivity index (χ3v) is 4.13. The maximum absolute atomic E-state index is 11.9. The van der Waals surface area contributed by atoms with Crippen LogP contribution in [0.15, 0.2) is 18.2 Å². The third kappa shape index (κ3) is 9.13. The molecule has 1 aromatic rings. The van der Waals surface area contributed by atoms with E-state index >= 15 is 0 Å². The molecule has 2 heterocycles. The van der Waals surface area contributed by atoms with Crippen molar-refractivity contribution in [2.75, 3.05) is 18.4 Å². The lowest BCUT2D eigenvalue weighted by Crippen LogP contribution is -2.45. The molecular formula is C21H34N4O4. The molecule has 1 aromatic heterocycles. The van der Waals surface area contributed by atoms with Gasteiger partial charge < -0.3 is 14.8 Å². The van der Waals surface area contributed by atoms with Crippen molar-refractivity contribution in [2.24, 2.45) is 0 Å². The number of carbonyl (C=O) groups is 2. The van der Waals surface area contributed by atoms with Crippen LogP contribution in [0.4, 0.5) is 15.4 Å². The van der Waals surface area contributed by atoms with Gasteiger partial charge in [-0.3, -0.25) is 10.2 Å². The molecule has 8 nitrogen and oxygen atoms in total. The molecular weight excluding hydrogens is 372 g/mol. The van der Waals surface area contributed by atoms with Crippen molar-refractivity contribution < 1.29 is 19.1 Å². The number of rotatable bonds is 4. The molecule has 2 N–H and O–H groups in total. The Morgan fingerprint density at radius 2 is 1.62 bits per heavy atom. The van der Waals surface area contributed by atoms with Crippen LogP contribution in [0.2, 0.25) is 0 Å². The molecule has 1 fully saturated rings. The zero-order chi connectivity index (χ0) is 21.7. The Morgan fingerprint density at radius 1 is 1.03 bits per heavy atom. The zero-order valence-electron chi connectivity index (χ0n) is 18.4. The predicted octanol–water partition coefficient (Wildman–Crippen LogP) is 3.92. The van der Waals surface area contributed by atoms with Gasteiger partial charge in [0.2, 0.25) is 0 Å². The molecule has 0 unspecified atom stereocenters. The van der Waals surface area contributed by atoms with Gasteiger partial charge in [0.05, 0.1) is 5.69 Å². The predicted molar refractivity (Wildman–Crippen MR) is 112 cm³/mol. The summed E-state index contributed by atoms with van der Waals surface area (Å²) in [4.78, 5) is 30.6. The zero-order valence-corrected chi connectivity index (χ0v) is 18.4. The molecule has 0 bridgehead atoms. The standard InChI is InChI=1S/C21H34N4O4/c1-20(2,3)28-18(26)23-15-10-12-25(13-11-15)14-16-8-7-9-17(22-16)24-19(27)29-21(4,5)6/h7-9,15H,10-14H2,1-6H3,(H,23,26)(H,22,24,27). The number of nitrogens with one attached hydrogen (secondary N) is 2. The molecule has 1 aliphatic heterocycles. The maximum atomic E-state index is 11.9. The van der Waals surface area contributed by atoms with Gasteiger partial charge in [-0.1, -0.05) is 6.07 Å². The highest BCUT2D eigenvalue weighted by atomic mass is 16.6. The second kappa shape index (κ2) is 9.43. The minimum absolute atomic E-state index is 0.120. The van der Waals surface area contributed by atoms with Gasteiger partial charge in [0.15, 0.2) is 0 Å². The molecule has 0 atom stereocenters. The van der Waals surface area contributed by atoms with E-state index in [0.29, 0.717) is 12.4 Å². The Kier molecular flexibility index (Phi) is 7.46. The van der Waals surface area contributed by atoms with Gasteiger partial charge in [-0.05, 0) is 66.5 Å². The second-order valence-electron chi connectivity index (χ2n) is 9.34. The van der Waals surface area contributed by atoms with Gasteiger partial charge in [-0.2, -0.15) is 0 Å². The summed E-state index contributed by atoms with van der Waals surface area (Å²) in [7, 11) is 0. The Balaban J connectivity index is 1.80. The van der Waals surface area contributed by atoms with Gasteiger partial charge in [0.25, 0.3) is 0 Å². The molecule has 0 spiro atoms. The van der Waals surface area contributed by atoms with Crippen molar-refractivity contribution >= 4 is 18.0 Å². The summed E-state index contributed by atoms with van der Waals surface area (Å²) in [6, 6.07) is 5.66. The number of ether oxygens (including phenoxy) is 2. The number of pyridine rings is 1. The number of piperidine rings is 1. The van der Waals surface area contributed by atoms with Gasteiger partial charge in [-0.15, -0.1) is 0 Å². The van der Waals surface area contributed by atoms with E-state index in [1.165, 1.54) is 0 Å². The first-order valence-electron chi connectivity index (χ1n) is 10.1. The van der Waals surface area contributed by atoms with E-state index in [-0.39, 0.29) is 12.1 Å². The maximum Gasteiger partial charge on any atom is 0.413 e. The average molecular weight is 407 g/mol. The minimum atomic E-state index is -0.556. The number of nitrogens with zero attached hydrogens (tertiary/aromatic N) is 2. The molecule has 162 valence electrons. The van der Waals surface area contributed by atoms with Gasteiger partial charge in [-0.25, -0.2) is 14.6 Å². The van der Waals surface area contributed by atoms with Crippen LogP contribution >= 0.6 is 0 Å². The van der Waals surface area contributed by atoms with Crippen LogP contribution in [0, 0.1) is 0 Å². The fourth-order valence-electron chi connectivity index (χ4n) is 2.98. The van der Waals surface area contributed by atoms with Crippen LogP contribution in [0.1, 0.15) is 60.1 Å². The van der Waals surface area contributed by atoms with E-state index in [0.717, 1.165) is 31.6 Å². The number of aromatic nitrogens is 1. The Labute approximate surface area is 173 Å². The fourth-order valence-corrected chi connectivity index (χ4v) is 2.98. The molecule has 1 saturated heterocycles. The Hall–Kier alpha value is -2.35. The number of hydrogen-bond acceptors (Lipinski definition) is 6. The first kappa shape index (κ1) is 22.9. The molecule has 0 radical (unpaired) electrons. The minimum Gasteiger partial charge on any atom is -0.444 e. The molecule has 1 aliphatic rings. The van der Waals surface area contributed by atoms with Gasteiger partial charge >= 0.3 is 12.2 Å². The number of anilines is 1. The van der Waals surface area contributed by atoms with Crippen molar-refractivity contribution in [3.63, 3.8) is 0 Å². The summed E-state index contributed by atoms with van der Waals surface area (Å²) in [5.74, 6) is 0.471. The van der Waals surface area contributed by atoms with Crippen LogP contribution in [-0.2, 0) is 16.0 Å². The summed E-state index contributed by atoms with van der Waals surface area (Å²) < 4.78 is 10.6. The van der Waals surface area contributed by atoms with Crippen LogP contribution in [-0.4, -0.2) is 52.4 Å². The Morgan fingerprint density at radius 3 is 2.21 bits per heavy atom. The van der Waals surface area contributed by atoms with Crippen LogP contribution < -0.4 is 10.6 Å². The smallest absolute Gasteiger partial charge is 0.413 e. The first-order chi connectivity index (χ1) is 13.4. The topological polar surface area (TPSA) is 92.8 Å². The number of carbonyl (C=O) groups excluding carboxylic acids is 2.